The second-order valence-corrected chi connectivity index (χ2v) is 5.86. The Kier molecular flexibility index (Phi) is 4.87. The molecule has 124 valence electrons. The van der Waals surface area contributed by atoms with Gasteiger partial charge in [0.15, 0.2) is 4.80 Å². The van der Waals surface area contributed by atoms with Crippen molar-refractivity contribution in [3.8, 4) is 18.1 Å². The Labute approximate surface area is 143 Å². The summed E-state index contributed by atoms with van der Waals surface area (Å²) in [5.74, 6) is 2.97. The van der Waals surface area contributed by atoms with Crippen molar-refractivity contribution < 1.29 is 19.0 Å². The number of benzene rings is 1. The molecule has 0 bridgehead atoms. The fourth-order valence-corrected chi connectivity index (χ4v) is 3.32. The largest absolute Gasteiger partial charge is 0.494 e. The minimum atomic E-state index is -0.489. The molecule has 0 radical (unpaired) electrons. The number of amides is 1. The summed E-state index contributed by atoms with van der Waals surface area (Å²) in [7, 11) is 0. The fraction of sp³-hybridized carbons (Fsp3) is 0.294. The van der Waals surface area contributed by atoms with E-state index >= 15 is 0 Å². The van der Waals surface area contributed by atoms with Crippen LogP contribution in [0.2, 0.25) is 0 Å². The summed E-state index contributed by atoms with van der Waals surface area (Å²) in [6.07, 6.45) is 6.75. The topological polar surface area (TPSA) is 62.1 Å². The Morgan fingerprint density at radius 3 is 3.08 bits per heavy atom. The highest BCUT2D eigenvalue weighted by Gasteiger charge is 2.15. The number of terminal acetylenes is 1. The molecule has 2 heterocycles. The molecule has 7 heteroatoms. The molecule has 0 fully saturated rings. The van der Waals surface area contributed by atoms with Crippen LogP contribution in [-0.4, -0.2) is 30.3 Å². The Morgan fingerprint density at radius 1 is 1.50 bits per heavy atom. The zero-order valence-electron chi connectivity index (χ0n) is 13.2. The quantitative estimate of drug-likeness (QED) is 0.797. The number of carbonyl (C=O) groups excluding carboxylic acids is 1. The van der Waals surface area contributed by atoms with Crippen LogP contribution in [0.5, 0.6) is 5.75 Å². The minimum absolute atomic E-state index is 0.0981. The van der Waals surface area contributed by atoms with Gasteiger partial charge in [0.05, 0.1) is 23.4 Å². The molecule has 0 saturated heterocycles. The van der Waals surface area contributed by atoms with E-state index in [0.717, 1.165) is 16.0 Å². The molecule has 0 N–H and O–H groups in total. The Balaban J connectivity index is 2.07. The zero-order valence-corrected chi connectivity index (χ0v) is 14.0. The van der Waals surface area contributed by atoms with Gasteiger partial charge in [0.1, 0.15) is 25.2 Å². The molecule has 3 rings (SSSR count). The first kappa shape index (κ1) is 16.1. The van der Waals surface area contributed by atoms with Crippen LogP contribution >= 0.6 is 11.3 Å². The van der Waals surface area contributed by atoms with Crippen molar-refractivity contribution in [2.45, 2.75) is 13.5 Å². The molecule has 1 amide bonds. The lowest BCUT2D eigenvalue weighted by Gasteiger charge is -2.12. The van der Waals surface area contributed by atoms with E-state index < -0.39 is 5.91 Å². The highest BCUT2D eigenvalue weighted by Crippen LogP contribution is 2.23. The summed E-state index contributed by atoms with van der Waals surface area (Å²) in [6.45, 7) is 3.59. The number of ether oxygens (including phenoxy) is 3. The molecule has 0 saturated carbocycles. The molecule has 1 aromatic heterocycles. The van der Waals surface area contributed by atoms with E-state index in [2.05, 4.69) is 10.9 Å². The highest BCUT2D eigenvalue weighted by molar-refractivity contribution is 7.16. The maximum Gasteiger partial charge on any atom is 0.317 e. The van der Waals surface area contributed by atoms with Crippen LogP contribution in [-0.2, 0) is 20.8 Å². The first-order valence-corrected chi connectivity index (χ1v) is 8.28. The van der Waals surface area contributed by atoms with Crippen LogP contribution in [0, 0.1) is 12.3 Å². The highest BCUT2D eigenvalue weighted by atomic mass is 32.1. The summed E-state index contributed by atoms with van der Waals surface area (Å²) in [4.78, 5) is 16.9. The van der Waals surface area contributed by atoms with Gasteiger partial charge in [-0.05, 0) is 25.1 Å². The van der Waals surface area contributed by atoms with E-state index in [1.807, 2.05) is 29.7 Å². The smallest absolute Gasteiger partial charge is 0.317 e. The number of fused-ring (bicyclic) bond motifs is 1. The maximum absolute atomic E-state index is 12.2. The molecule has 2 aromatic rings. The molecule has 0 spiro atoms. The Bertz CT molecular complexity index is 901. The van der Waals surface area contributed by atoms with Crippen LogP contribution in [0.3, 0.4) is 0 Å². The lowest BCUT2D eigenvalue weighted by molar-refractivity contribution is -0.119. The fourth-order valence-electron chi connectivity index (χ4n) is 2.26. The first-order valence-electron chi connectivity index (χ1n) is 7.46. The van der Waals surface area contributed by atoms with Crippen molar-refractivity contribution >= 4 is 27.5 Å². The number of carbonyl (C=O) groups is 1. The summed E-state index contributed by atoms with van der Waals surface area (Å²) >= 11 is 1.37. The van der Waals surface area contributed by atoms with Crippen molar-refractivity contribution in [3.63, 3.8) is 0 Å². The number of hydrogen-bond donors (Lipinski definition) is 0. The van der Waals surface area contributed by atoms with Gasteiger partial charge in [-0.3, -0.25) is 4.79 Å². The van der Waals surface area contributed by atoms with Gasteiger partial charge in [0.2, 0.25) is 5.76 Å². The standard InChI is InChI=1S/C17H16N2O4S/c1-3-7-19-13-6-5-12(22-4-2)10-15(13)24-17(19)18-16(20)14-11-21-8-9-23-14/h1,5-6,10-11H,4,7-9H2,2H3. The number of nitrogens with zero attached hydrogens (tertiary/aromatic N) is 2. The van der Waals surface area contributed by atoms with E-state index in [4.69, 9.17) is 20.6 Å². The summed E-state index contributed by atoms with van der Waals surface area (Å²) in [5, 5.41) is 0. The average molecular weight is 344 g/mol. The van der Waals surface area contributed by atoms with Gasteiger partial charge in [-0.1, -0.05) is 17.3 Å². The third-order valence-electron chi connectivity index (χ3n) is 3.27. The molecule has 0 aliphatic carbocycles. The summed E-state index contributed by atoms with van der Waals surface area (Å²) in [6, 6.07) is 5.70. The van der Waals surface area contributed by atoms with Crippen LogP contribution < -0.4 is 9.54 Å². The molecule has 0 atom stereocenters. The van der Waals surface area contributed by atoms with Crippen LogP contribution in [0.4, 0.5) is 0 Å². The Morgan fingerprint density at radius 2 is 2.38 bits per heavy atom. The van der Waals surface area contributed by atoms with E-state index in [1.54, 1.807) is 0 Å². The number of rotatable bonds is 4. The molecule has 0 unspecified atom stereocenters. The van der Waals surface area contributed by atoms with Crippen molar-refractivity contribution in [3.05, 3.63) is 35.0 Å². The van der Waals surface area contributed by atoms with Crippen LogP contribution in [0.1, 0.15) is 6.92 Å². The number of hydrogen-bond acceptors (Lipinski definition) is 5. The van der Waals surface area contributed by atoms with Gasteiger partial charge in [-0.15, -0.1) is 6.42 Å². The van der Waals surface area contributed by atoms with Gasteiger partial charge in [-0.25, -0.2) is 0 Å². The van der Waals surface area contributed by atoms with Gasteiger partial charge in [0.25, 0.3) is 0 Å². The minimum Gasteiger partial charge on any atom is -0.494 e. The van der Waals surface area contributed by atoms with E-state index in [9.17, 15) is 4.79 Å². The van der Waals surface area contributed by atoms with Crippen molar-refractivity contribution in [1.29, 1.82) is 0 Å². The van der Waals surface area contributed by atoms with E-state index in [0.29, 0.717) is 31.2 Å². The normalized spacial score (nSPS) is 14.5. The van der Waals surface area contributed by atoms with Crippen molar-refractivity contribution in [1.82, 2.24) is 4.57 Å². The molecular formula is C17H16N2O4S. The average Bonchev–Trinajstić information content (AvgIpc) is 2.93. The second kappa shape index (κ2) is 7.23. The molecular weight excluding hydrogens is 328 g/mol. The predicted molar refractivity (Wildman–Crippen MR) is 90.4 cm³/mol. The SMILES string of the molecule is C#CCn1c(=NC(=O)C2=COCCO2)sc2cc(OCC)ccc21. The lowest BCUT2D eigenvalue weighted by atomic mass is 10.3. The summed E-state index contributed by atoms with van der Waals surface area (Å²) < 4.78 is 18.6. The molecule has 24 heavy (non-hydrogen) atoms. The predicted octanol–water partition coefficient (Wildman–Crippen LogP) is 2.05. The monoisotopic (exact) mass is 344 g/mol. The van der Waals surface area contributed by atoms with Crippen molar-refractivity contribution in [2.75, 3.05) is 19.8 Å². The van der Waals surface area contributed by atoms with E-state index in [1.165, 1.54) is 17.6 Å². The van der Waals surface area contributed by atoms with Crippen molar-refractivity contribution in [2.24, 2.45) is 4.99 Å². The number of thiazole rings is 1. The second-order valence-electron chi connectivity index (χ2n) is 4.86. The molecule has 1 aromatic carbocycles. The van der Waals surface area contributed by atoms with Crippen LogP contribution in [0.25, 0.3) is 10.2 Å². The van der Waals surface area contributed by atoms with Gasteiger partial charge in [-0.2, -0.15) is 4.99 Å². The van der Waals surface area contributed by atoms with E-state index in [-0.39, 0.29) is 5.76 Å². The Hall–Kier alpha value is -2.72. The summed E-state index contributed by atoms with van der Waals surface area (Å²) in [5.41, 5.74) is 0.905. The van der Waals surface area contributed by atoms with Gasteiger partial charge < -0.3 is 18.8 Å². The van der Waals surface area contributed by atoms with Gasteiger partial charge in [0, 0.05) is 0 Å². The third kappa shape index (κ3) is 3.29. The molecule has 6 nitrogen and oxygen atoms in total. The molecule has 1 aliphatic rings. The zero-order chi connectivity index (χ0) is 16.9. The third-order valence-corrected chi connectivity index (χ3v) is 4.31. The maximum atomic E-state index is 12.2. The van der Waals surface area contributed by atoms with Crippen LogP contribution in [0.15, 0.2) is 35.2 Å². The first-order chi connectivity index (χ1) is 11.7. The molecule has 1 aliphatic heterocycles. The lowest BCUT2D eigenvalue weighted by Crippen LogP contribution is -2.19. The number of aromatic nitrogens is 1. The van der Waals surface area contributed by atoms with Gasteiger partial charge >= 0.3 is 5.91 Å².